The Morgan fingerprint density at radius 2 is 1.57 bits per heavy atom. The van der Waals surface area contributed by atoms with Gasteiger partial charge in [0.15, 0.2) is 0 Å². The summed E-state index contributed by atoms with van der Waals surface area (Å²) in [5, 5.41) is 6.18. The van der Waals surface area contributed by atoms with E-state index in [0.717, 1.165) is 25.4 Å². The smallest absolute Gasteiger partial charge is 0.407 e. The van der Waals surface area contributed by atoms with E-state index in [9.17, 15) is 4.79 Å². The number of amides is 1. The molecule has 0 aliphatic carbocycles. The molecule has 2 N–H and O–H groups in total. The van der Waals surface area contributed by atoms with Crippen LogP contribution in [0.25, 0.3) is 0 Å². The Labute approximate surface area is 131 Å². The van der Waals surface area contributed by atoms with Gasteiger partial charge in [-0.1, -0.05) is 39.5 Å². The van der Waals surface area contributed by atoms with Crippen LogP contribution in [0.1, 0.15) is 73.1 Å². The molecular formula is C17H36N2O2. The summed E-state index contributed by atoms with van der Waals surface area (Å²) >= 11 is 0. The maximum Gasteiger partial charge on any atom is 0.407 e. The summed E-state index contributed by atoms with van der Waals surface area (Å²) in [5.41, 5.74) is -0.419. The minimum absolute atomic E-state index is 0.326. The summed E-state index contributed by atoms with van der Waals surface area (Å²) in [6, 6.07) is 0. The van der Waals surface area contributed by atoms with Crippen molar-refractivity contribution in [1.82, 2.24) is 10.6 Å². The van der Waals surface area contributed by atoms with Crippen molar-refractivity contribution in [3.63, 3.8) is 0 Å². The lowest BCUT2D eigenvalue weighted by Crippen LogP contribution is -2.34. The second kappa shape index (κ2) is 11.8. The normalized spacial score (nSPS) is 11.7. The topological polar surface area (TPSA) is 50.4 Å². The van der Waals surface area contributed by atoms with Gasteiger partial charge in [-0.05, 0) is 52.6 Å². The molecular weight excluding hydrogens is 264 g/mol. The highest BCUT2D eigenvalue weighted by atomic mass is 16.6. The first-order valence-electron chi connectivity index (χ1n) is 8.49. The summed E-state index contributed by atoms with van der Waals surface area (Å²) < 4.78 is 5.17. The zero-order valence-corrected chi connectivity index (χ0v) is 14.8. The van der Waals surface area contributed by atoms with E-state index in [1.54, 1.807) is 0 Å². The Balaban J connectivity index is 3.21. The van der Waals surface area contributed by atoms with Gasteiger partial charge in [0.2, 0.25) is 0 Å². The largest absolute Gasteiger partial charge is 0.444 e. The third kappa shape index (κ3) is 17.2. The summed E-state index contributed by atoms with van der Waals surface area (Å²) in [4.78, 5) is 11.4. The number of ether oxygens (including phenoxy) is 1. The number of carbonyl (C=O) groups is 1. The van der Waals surface area contributed by atoms with Gasteiger partial charge in [-0.15, -0.1) is 0 Å². The van der Waals surface area contributed by atoms with Crippen molar-refractivity contribution in [3.05, 3.63) is 0 Å². The van der Waals surface area contributed by atoms with E-state index < -0.39 is 5.60 Å². The Bertz CT molecular complexity index is 260. The molecule has 1 amide bonds. The van der Waals surface area contributed by atoms with Gasteiger partial charge in [-0.25, -0.2) is 4.79 Å². The Morgan fingerprint density at radius 1 is 0.952 bits per heavy atom. The monoisotopic (exact) mass is 300 g/mol. The predicted octanol–water partition coefficient (Wildman–Crippen LogP) is 4.10. The molecule has 126 valence electrons. The lowest BCUT2D eigenvalue weighted by Gasteiger charge is -2.19. The average molecular weight is 300 g/mol. The van der Waals surface area contributed by atoms with Crippen LogP contribution in [0.15, 0.2) is 0 Å². The standard InChI is InChI=1S/C17H36N2O2/c1-15(2)11-8-6-7-9-12-18-13-10-14-19-16(20)21-17(3,4)5/h15,18H,6-14H2,1-5H3,(H,19,20). The van der Waals surface area contributed by atoms with E-state index >= 15 is 0 Å². The quantitative estimate of drug-likeness (QED) is 0.565. The van der Waals surface area contributed by atoms with Crippen LogP contribution in [0.5, 0.6) is 0 Å². The van der Waals surface area contributed by atoms with Crippen LogP contribution in [-0.2, 0) is 4.74 Å². The van der Waals surface area contributed by atoms with E-state index in [4.69, 9.17) is 4.74 Å². The molecule has 4 nitrogen and oxygen atoms in total. The molecule has 0 rings (SSSR count). The first kappa shape index (κ1) is 20.2. The highest BCUT2D eigenvalue weighted by Gasteiger charge is 2.15. The van der Waals surface area contributed by atoms with Gasteiger partial charge >= 0.3 is 6.09 Å². The molecule has 0 unspecified atom stereocenters. The fraction of sp³-hybridized carbons (Fsp3) is 0.941. The zero-order valence-electron chi connectivity index (χ0n) is 14.8. The molecule has 0 aromatic carbocycles. The Kier molecular flexibility index (Phi) is 11.4. The molecule has 0 aromatic heterocycles. The van der Waals surface area contributed by atoms with Crippen molar-refractivity contribution in [2.75, 3.05) is 19.6 Å². The molecule has 21 heavy (non-hydrogen) atoms. The number of unbranched alkanes of at least 4 members (excludes halogenated alkanes) is 3. The summed E-state index contributed by atoms with van der Waals surface area (Å²) in [6.45, 7) is 12.9. The first-order chi connectivity index (χ1) is 9.81. The third-order valence-corrected chi connectivity index (χ3v) is 3.08. The molecule has 0 radical (unpaired) electrons. The van der Waals surface area contributed by atoms with E-state index in [-0.39, 0.29) is 6.09 Å². The minimum atomic E-state index is -0.419. The van der Waals surface area contributed by atoms with E-state index in [1.165, 1.54) is 32.1 Å². The molecule has 0 bridgehead atoms. The number of nitrogens with one attached hydrogen (secondary N) is 2. The van der Waals surface area contributed by atoms with Crippen molar-refractivity contribution >= 4 is 6.09 Å². The van der Waals surface area contributed by atoms with Crippen LogP contribution in [0, 0.1) is 5.92 Å². The lowest BCUT2D eigenvalue weighted by atomic mass is 10.0. The summed E-state index contributed by atoms with van der Waals surface area (Å²) in [6.07, 6.45) is 7.23. The molecule has 0 saturated heterocycles. The lowest BCUT2D eigenvalue weighted by molar-refractivity contribution is 0.0527. The van der Waals surface area contributed by atoms with Gasteiger partial charge in [0.05, 0.1) is 0 Å². The SMILES string of the molecule is CC(C)CCCCCCNCCCNC(=O)OC(C)(C)C. The summed E-state index contributed by atoms with van der Waals surface area (Å²) in [5.74, 6) is 0.834. The fourth-order valence-corrected chi connectivity index (χ4v) is 2.00. The minimum Gasteiger partial charge on any atom is -0.444 e. The van der Waals surface area contributed by atoms with Crippen LogP contribution in [-0.4, -0.2) is 31.3 Å². The highest BCUT2D eigenvalue weighted by molar-refractivity contribution is 5.67. The van der Waals surface area contributed by atoms with Gasteiger partial charge in [-0.2, -0.15) is 0 Å². The van der Waals surface area contributed by atoms with Gasteiger partial charge in [0.1, 0.15) is 5.60 Å². The van der Waals surface area contributed by atoms with E-state index in [2.05, 4.69) is 24.5 Å². The molecule has 0 aliphatic rings. The van der Waals surface area contributed by atoms with E-state index in [0.29, 0.717) is 6.54 Å². The maximum atomic E-state index is 11.4. The maximum absolute atomic E-state index is 11.4. The van der Waals surface area contributed by atoms with Gasteiger partial charge in [-0.3, -0.25) is 0 Å². The van der Waals surface area contributed by atoms with Crippen LogP contribution in [0.4, 0.5) is 4.79 Å². The van der Waals surface area contributed by atoms with Crippen molar-refractivity contribution in [2.45, 2.75) is 78.7 Å². The number of rotatable bonds is 11. The number of hydrogen-bond acceptors (Lipinski definition) is 3. The molecule has 0 aromatic rings. The molecule has 0 heterocycles. The molecule has 0 fully saturated rings. The number of hydrogen-bond donors (Lipinski definition) is 2. The van der Waals surface area contributed by atoms with Gasteiger partial charge in [0, 0.05) is 6.54 Å². The molecule has 0 atom stereocenters. The predicted molar refractivity (Wildman–Crippen MR) is 89.6 cm³/mol. The second-order valence-corrected chi connectivity index (χ2v) is 7.13. The zero-order chi connectivity index (χ0) is 16.1. The van der Waals surface area contributed by atoms with Gasteiger partial charge in [0.25, 0.3) is 0 Å². The van der Waals surface area contributed by atoms with Crippen molar-refractivity contribution in [3.8, 4) is 0 Å². The third-order valence-electron chi connectivity index (χ3n) is 3.08. The van der Waals surface area contributed by atoms with Crippen LogP contribution >= 0.6 is 0 Å². The number of carbonyl (C=O) groups excluding carboxylic acids is 1. The molecule has 0 saturated carbocycles. The van der Waals surface area contributed by atoms with Crippen molar-refractivity contribution < 1.29 is 9.53 Å². The fourth-order valence-electron chi connectivity index (χ4n) is 2.00. The van der Waals surface area contributed by atoms with Crippen LogP contribution < -0.4 is 10.6 Å². The molecule has 4 heteroatoms. The highest BCUT2D eigenvalue weighted by Crippen LogP contribution is 2.09. The Hall–Kier alpha value is -0.770. The van der Waals surface area contributed by atoms with Gasteiger partial charge < -0.3 is 15.4 Å². The summed E-state index contributed by atoms with van der Waals surface area (Å²) in [7, 11) is 0. The average Bonchev–Trinajstić information content (AvgIpc) is 2.33. The van der Waals surface area contributed by atoms with Crippen molar-refractivity contribution in [1.29, 1.82) is 0 Å². The van der Waals surface area contributed by atoms with E-state index in [1.807, 2.05) is 20.8 Å². The first-order valence-corrected chi connectivity index (χ1v) is 8.49. The second-order valence-electron chi connectivity index (χ2n) is 7.13. The van der Waals surface area contributed by atoms with Crippen LogP contribution in [0.2, 0.25) is 0 Å². The van der Waals surface area contributed by atoms with Crippen molar-refractivity contribution in [2.24, 2.45) is 5.92 Å². The van der Waals surface area contributed by atoms with Crippen LogP contribution in [0.3, 0.4) is 0 Å². The number of alkyl carbamates (subject to hydrolysis) is 1. The Morgan fingerprint density at radius 3 is 2.19 bits per heavy atom. The molecule has 0 aliphatic heterocycles. The molecule has 0 spiro atoms.